The Balaban J connectivity index is 2.22. The monoisotopic (exact) mass is 225 g/mol. The third-order valence-electron chi connectivity index (χ3n) is 2.43. The molecule has 0 heterocycles. The standard InChI is InChI=1S/C11H15NO2S/c1-13-8-3-4-10(9(7-8)14-2)15-11(12)5-6-11/h3-4,7H,5-6,12H2,1-2H3. The molecule has 0 atom stereocenters. The Kier molecular flexibility index (Phi) is 2.80. The number of hydrogen-bond donors (Lipinski definition) is 1. The van der Waals surface area contributed by atoms with Gasteiger partial charge in [-0.1, -0.05) is 0 Å². The van der Waals surface area contributed by atoms with Crippen LogP contribution in [0, 0.1) is 0 Å². The summed E-state index contributed by atoms with van der Waals surface area (Å²) in [5.74, 6) is 1.63. The molecule has 0 spiro atoms. The highest BCUT2D eigenvalue weighted by molar-refractivity contribution is 8.01. The van der Waals surface area contributed by atoms with Crippen molar-refractivity contribution in [3.63, 3.8) is 0 Å². The topological polar surface area (TPSA) is 44.5 Å². The Morgan fingerprint density at radius 2 is 2.00 bits per heavy atom. The Morgan fingerprint density at radius 3 is 2.53 bits per heavy atom. The average Bonchev–Trinajstić information content (AvgIpc) is 2.97. The van der Waals surface area contributed by atoms with Crippen LogP contribution >= 0.6 is 11.8 Å². The van der Waals surface area contributed by atoms with Gasteiger partial charge in [-0.15, -0.1) is 11.8 Å². The van der Waals surface area contributed by atoms with E-state index in [1.807, 2.05) is 18.2 Å². The Morgan fingerprint density at radius 1 is 1.27 bits per heavy atom. The highest BCUT2D eigenvalue weighted by Gasteiger charge is 2.40. The Bertz CT molecular complexity index is 364. The van der Waals surface area contributed by atoms with Gasteiger partial charge in [0.15, 0.2) is 0 Å². The number of thioether (sulfide) groups is 1. The van der Waals surface area contributed by atoms with Crippen molar-refractivity contribution in [2.24, 2.45) is 5.73 Å². The van der Waals surface area contributed by atoms with Crippen LogP contribution in [-0.4, -0.2) is 19.1 Å². The molecule has 3 nitrogen and oxygen atoms in total. The van der Waals surface area contributed by atoms with E-state index in [1.165, 1.54) is 0 Å². The van der Waals surface area contributed by atoms with Crippen LogP contribution < -0.4 is 15.2 Å². The van der Waals surface area contributed by atoms with Crippen molar-refractivity contribution in [3.05, 3.63) is 18.2 Å². The van der Waals surface area contributed by atoms with Crippen LogP contribution in [0.3, 0.4) is 0 Å². The highest BCUT2D eigenvalue weighted by Crippen LogP contribution is 2.49. The van der Waals surface area contributed by atoms with Crippen LogP contribution in [0.2, 0.25) is 0 Å². The molecule has 15 heavy (non-hydrogen) atoms. The van der Waals surface area contributed by atoms with Gasteiger partial charge in [-0.3, -0.25) is 0 Å². The van der Waals surface area contributed by atoms with Gasteiger partial charge in [-0.2, -0.15) is 0 Å². The molecule has 1 aliphatic carbocycles. The van der Waals surface area contributed by atoms with E-state index >= 15 is 0 Å². The highest BCUT2D eigenvalue weighted by atomic mass is 32.2. The molecule has 1 saturated carbocycles. The maximum Gasteiger partial charge on any atom is 0.136 e. The molecule has 0 saturated heterocycles. The van der Waals surface area contributed by atoms with Gasteiger partial charge in [0.25, 0.3) is 0 Å². The smallest absolute Gasteiger partial charge is 0.136 e. The SMILES string of the molecule is COc1ccc(SC2(N)CC2)c(OC)c1. The largest absolute Gasteiger partial charge is 0.497 e. The average molecular weight is 225 g/mol. The Labute approximate surface area is 93.9 Å². The fraction of sp³-hybridized carbons (Fsp3) is 0.455. The first-order valence-electron chi connectivity index (χ1n) is 4.87. The predicted molar refractivity (Wildman–Crippen MR) is 61.6 cm³/mol. The summed E-state index contributed by atoms with van der Waals surface area (Å²) in [7, 11) is 3.31. The molecule has 2 N–H and O–H groups in total. The molecule has 1 aromatic carbocycles. The summed E-state index contributed by atoms with van der Waals surface area (Å²) in [4.78, 5) is 1.01. The molecule has 82 valence electrons. The summed E-state index contributed by atoms with van der Waals surface area (Å²) in [5, 5.41) is 0. The first-order chi connectivity index (χ1) is 7.17. The normalized spacial score (nSPS) is 17.3. The molecule has 0 bridgehead atoms. The zero-order chi connectivity index (χ0) is 10.9. The molecule has 0 radical (unpaired) electrons. The summed E-state index contributed by atoms with van der Waals surface area (Å²) in [6, 6.07) is 5.81. The summed E-state index contributed by atoms with van der Waals surface area (Å²) >= 11 is 1.68. The summed E-state index contributed by atoms with van der Waals surface area (Å²) in [6.07, 6.45) is 2.15. The van der Waals surface area contributed by atoms with E-state index in [0.29, 0.717) is 0 Å². The third kappa shape index (κ3) is 2.38. The van der Waals surface area contributed by atoms with Crippen molar-refractivity contribution in [2.45, 2.75) is 22.6 Å². The zero-order valence-electron chi connectivity index (χ0n) is 8.95. The summed E-state index contributed by atoms with van der Waals surface area (Å²) < 4.78 is 10.4. The fourth-order valence-electron chi connectivity index (χ4n) is 1.30. The number of benzene rings is 1. The van der Waals surface area contributed by atoms with Crippen molar-refractivity contribution in [1.29, 1.82) is 0 Å². The number of rotatable bonds is 4. The molecule has 2 rings (SSSR count). The predicted octanol–water partition coefficient (Wildman–Crippen LogP) is 2.24. The summed E-state index contributed by atoms with van der Waals surface area (Å²) in [5.41, 5.74) is 6.05. The van der Waals surface area contributed by atoms with Crippen LogP contribution in [0.25, 0.3) is 0 Å². The molecule has 1 fully saturated rings. The maximum absolute atomic E-state index is 6.05. The van der Waals surface area contributed by atoms with Crippen molar-refractivity contribution >= 4 is 11.8 Å². The van der Waals surface area contributed by atoms with E-state index < -0.39 is 0 Å². The fourth-order valence-corrected chi connectivity index (χ4v) is 2.43. The molecular weight excluding hydrogens is 210 g/mol. The van der Waals surface area contributed by atoms with Gasteiger partial charge >= 0.3 is 0 Å². The van der Waals surface area contributed by atoms with E-state index in [-0.39, 0.29) is 4.87 Å². The van der Waals surface area contributed by atoms with E-state index in [2.05, 4.69) is 0 Å². The van der Waals surface area contributed by atoms with Crippen LogP contribution in [0.1, 0.15) is 12.8 Å². The first kappa shape index (κ1) is 10.6. The molecule has 0 aromatic heterocycles. The van der Waals surface area contributed by atoms with Crippen LogP contribution in [0.15, 0.2) is 23.1 Å². The number of ether oxygens (including phenoxy) is 2. The van der Waals surface area contributed by atoms with Crippen LogP contribution in [-0.2, 0) is 0 Å². The lowest BCUT2D eigenvalue weighted by molar-refractivity contribution is 0.387. The molecule has 1 aliphatic rings. The molecule has 0 unspecified atom stereocenters. The first-order valence-corrected chi connectivity index (χ1v) is 5.68. The van der Waals surface area contributed by atoms with Crippen molar-refractivity contribution in [3.8, 4) is 11.5 Å². The maximum atomic E-state index is 6.05. The lowest BCUT2D eigenvalue weighted by atomic mass is 10.3. The quantitative estimate of drug-likeness (QED) is 0.798. The number of hydrogen-bond acceptors (Lipinski definition) is 4. The van der Waals surface area contributed by atoms with Gasteiger partial charge in [0.05, 0.1) is 24.0 Å². The number of nitrogens with two attached hydrogens (primary N) is 1. The van der Waals surface area contributed by atoms with Gasteiger partial charge in [-0.05, 0) is 25.0 Å². The van der Waals surface area contributed by atoms with Gasteiger partial charge in [0.1, 0.15) is 11.5 Å². The number of methoxy groups -OCH3 is 2. The van der Waals surface area contributed by atoms with Crippen molar-refractivity contribution in [1.82, 2.24) is 0 Å². The van der Waals surface area contributed by atoms with Gasteiger partial charge in [0.2, 0.25) is 0 Å². The second-order valence-corrected chi connectivity index (χ2v) is 5.14. The molecule has 1 aromatic rings. The molecule has 0 amide bonds. The lowest BCUT2D eigenvalue weighted by Crippen LogP contribution is -2.15. The van der Waals surface area contributed by atoms with Crippen molar-refractivity contribution in [2.75, 3.05) is 14.2 Å². The zero-order valence-corrected chi connectivity index (χ0v) is 9.76. The second-order valence-electron chi connectivity index (χ2n) is 3.68. The minimum Gasteiger partial charge on any atom is -0.497 e. The van der Waals surface area contributed by atoms with E-state index in [4.69, 9.17) is 15.2 Å². The minimum absolute atomic E-state index is 0.0676. The molecule has 0 aliphatic heterocycles. The van der Waals surface area contributed by atoms with Crippen molar-refractivity contribution < 1.29 is 9.47 Å². The van der Waals surface area contributed by atoms with Gasteiger partial charge in [0, 0.05) is 6.07 Å². The molecule has 4 heteroatoms. The van der Waals surface area contributed by atoms with Crippen LogP contribution in [0.5, 0.6) is 11.5 Å². The van der Waals surface area contributed by atoms with Gasteiger partial charge in [-0.25, -0.2) is 0 Å². The molecular formula is C11H15NO2S. The second kappa shape index (κ2) is 3.94. The van der Waals surface area contributed by atoms with Crippen LogP contribution in [0.4, 0.5) is 0 Å². The third-order valence-corrected chi connectivity index (χ3v) is 3.80. The summed E-state index contributed by atoms with van der Waals surface area (Å²) in [6.45, 7) is 0. The Hall–Kier alpha value is -0.870. The van der Waals surface area contributed by atoms with Gasteiger partial charge < -0.3 is 15.2 Å². The minimum atomic E-state index is -0.0676. The van der Waals surface area contributed by atoms with E-state index in [9.17, 15) is 0 Å². The lowest BCUT2D eigenvalue weighted by Gasteiger charge is -2.13. The van der Waals surface area contributed by atoms with E-state index in [1.54, 1.807) is 26.0 Å². The van der Waals surface area contributed by atoms with E-state index in [0.717, 1.165) is 29.2 Å².